The van der Waals surface area contributed by atoms with Crippen molar-refractivity contribution in [2.75, 3.05) is 19.4 Å². The van der Waals surface area contributed by atoms with Gasteiger partial charge in [0.05, 0.1) is 12.7 Å². The van der Waals surface area contributed by atoms with E-state index in [1.165, 1.54) is 6.66 Å². The molecule has 0 aromatic heterocycles. The molecule has 0 aromatic rings. The van der Waals surface area contributed by atoms with E-state index < -0.39 is 31.8 Å². The molecule has 7 nitrogen and oxygen atoms in total. The average molecular weight is 244 g/mol. The van der Waals surface area contributed by atoms with Gasteiger partial charge in [-0.15, -0.1) is 0 Å². The largest absolute Gasteiger partial charge is 0.481 e. The summed E-state index contributed by atoms with van der Waals surface area (Å²) in [5.41, 5.74) is 0. The Balaban J connectivity index is -0.000000155. The zero-order valence-electron chi connectivity index (χ0n) is 8.88. The van der Waals surface area contributed by atoms with E-state index in [0.717, 1.165) is 13.8 Å². The van der Waals surface area contributed by atoms with Gasteiger partial charge in [-0.05, 0) is 6.66 Å². The lowest BCUT2D eigenvalue weighted by Gasteiger charge is -2.01. The van der Waals surface area contributed by atoms with Gasteiger partial charge >= 0.3 is 0 Å². The van der Waals surface area contributed by atoms with Gasteiger partial charge in [0.25, 0.3) is 11.9 Å². The molecule has 0 radical (unpaired) electrons. The minimum Gasteiger partial charge on any atom is -0.481 e. The van der Waals surface area contributed by atoms with Crippen LogP contribution in [-0.4, -0.2) is 51.7 Å². The highest BCUT2D eigenvalue weighted by Crippen LogP contribution is 2.37. The Morgan fingerprint density at radius 3 is 1.13 bits per heavy atom. The number of carboxylic acid groups (broad SMARTS) is 2. The molecule has 0 fully saturated rings. The summed E-state index contributed by atoms with van der Waals surface area (Å²) in [4.78, 5) is 18.0. The third-order valence-electron chi connectivity index (χ3n) is 0.598. The van der Waals surface area contributed by atoms with Gasteiger partial charge in [-0.25, -0.2) is 0 Å². The van der Waals surface area contributed by atoms with E-state index in [9.17, 15) is 4.57 Å². The van der Waals surface area contributed by atoms with Crippen molar-refractivity contribution in [1.82, 2.24) is 0 Å². The highest BCUT2D eigenvalue weighted by molar-refractivity contribution is 7.62. The number of aliphatic hydroxyl groups excluding tert-OH is 2. The van der Waals surface area contributed by atoms with Crippen molar-refractivity contribution < 1.29 is 34.6 Å². The third-order valence-corrected chi connectivity index (χ3v) is 1.79. The quantitative estimate of drug-likeness (QED) is 0.505. The Labute approximate surface area is 87.7 Å². The highest BCUT2D eigenvalue weighted by atomic mass is 31.2. The van der Waals surface area contributed by atoms with Crippen LogP contribution >= 0.6 is 7.14 Å². The number of carboxylic acids is 2. The van der Waals surface area contributed by atoms with Crippen LogP contribution in [0.15, 0.2) is 0 Å². The molecule has 0 atom stereocenters. The Hall–Kier alpha value is -0.910. The Kier molecular flexibility index (Phi) is 14.6. The number of hydrogen-bond acceptors (Lipinski definition) is 5. The molecule has 0 bridgehead atoms. The molecule has 0 aromatic carbocycles. The molecular weight excluding hydrogens is 227 g/mol. The van der Waals surface area contributed by atoms with Crippen molar-refractivity contribution in [2.24, 2.45) is 0 Å². The smallest absolute Gasteiger partial charge is 0.300 e. The second-order valence-electron chi connectivity index (χ2n) is 2.62. The van der Waals surface area contributed by atoms with Gasteiger partial charge in [-0.1, -0.05) is 0 Å². The molecule has 8 heteroatoms. The number of aliphatic hydroxyl groups is 2. The third kappa shape index (κ3) is 62.1. The maximum atomic E-state index is 10.5. The summed E-state index contributed by atoms with van der Waals surface area (Å²) in [6.07, 6.45) is -0.799. The van der Waals surface area contributed by atoms with Crippen molar-refractivity contribution >= 4 is 19.1 Å². The van der Waals surface area contributed by atoms with Crippen LogP contribution in [0.5, 0.6) is 0 Å². The van der Waals surface area contributed by atoms with E-state index in [1.54, 1.807) is 0 Å². The van der Waals surface area contributed by atoms with Crippen LogP contribution in [0.3, 0.4) is 0 Å². The van der Waals surface area contributed by atoms with E-state index in [4.69, 9.17) is 30.0 Å². The Morgan fingerprint density at radius 1 is 1.00 bits per heavy atom. The first kappa shape index (κ1) is 19.6. The molecule has 0 unspecified atom stereocenters. The molecule has 0 aliphatic heterocycles. The van der Waals surface area contributed by atoms with Crippen molar-refractivity contribution in [2.45, 2.75) is 13.8 Å². The lowest BCUT2D eigenvalue weighted by molar-refractivity contribution is -0.135. The zero-order chi connectivity index (χ0) is 13.1. The molecule has 4 N–H and O–H groups in total. The first-order valence-electron chi connectivity index (χ1n) is 3.75. The predicted molar refractivity (Wildman–Crippen MR) is 54.3 cm³/mol. The van der Waals surface area contributed by atoms with E-state index in [2.05, 4.69) is 0 Å². The Bertz CT molecular complexity index is 197. The summed E-state index contributed by atoms with van der Waals surface area (Å²) >= 11 is 0. The molecule has 0 amide bonds. The fraction of sp³-hybridized carbons (Fsp3) is 0.714. The second-order valence-corrected chi connectivity index (χ2v) is 5.78. The standard InChI is InChI=1S/C3H9O3P.2C2H4O2/c1-7(6,2-4)3-5;2*1-2(3)4/h4-5H,2-3H2,1H3;2*1H3,(H,3,4). The molecule has 0 heterocycles. The van der Waals surface area contributed by atoms with Crippen LogP contribution < -0.4 is 0 Å². The maximum Gasteiger partial charge on any atom is 0.300 e. The molecule has 0 rings (SSSR count). The minimum absolute atomic E-state index is 0.399. The van der Waals surface area contributed by atoms with Crippen LogP contribution in [0.2, 0.25) is 0 Å². The molecular formula is C7H17O7P. The number of carbonyl (C=O) groups is 2. The van der Waals surface area contributed by atoms with Crippen molar-refractivity contribution in [3.8, 4) is 0 Å². The molecule has 0 saturated carbocycles. The first-order chi connectivity index (χ1) is 6.59. The van der Waals surface area contributed by atoms with Gasteiger partial charge in [0, 0.05) is 13.8 Å². The predicted octanol–water partition coefficient (Wildman–Crippen LogP) is 0.0607. The van der Waals surface area contributed by atoms with E-state index in [-0.39, 0.29) is 0 Å². The Morgan fingerprint density at radius 2 is 1.13 bits per heavy atom. The van der Waals surface area contributed by atoms with Crippen LogP contribution in [0, 0.1) is 0 Å². The topological polar surface area (TPSA) is 132 Å². The fourth-order valence-corrected chi connectivity index (χ4v) is 0.134. The SMILES string of the molecule is CC(=O)O.CC(=O)O.CP(=O)(CO)CO. The van der Waals surface area contributed by atoms with Gasteiger partial charge in [0.1, 0.15) is 7.14 Å². The summed E-state index contributed by atoms with van der Waals surface area (Å²) in [6, 6.07) is 0. The highest BCUT2D eigenvalue weighted by Gasteiger charge is 2.09. The fourth-order valence-electron chi connectivity index (χ4n) is 0.0447. The lowest BCUT2D eigenvalue weighted by Crippen LogP contribution is -1.89. The monoisotopic (exact) mass is 244 g/mol. The second kappa shape index (κ2) is 11.2. The normalized spacial score (nSPS) is 8.87. The summed E-state index contributed by atoms with van der Waals surface area (Å²) in [6.45, 7) is 3.52. The van der Waals surface area contributed by atoms with Gasteiger partial charge in [-0.2, -0.15) is 0 Å². The van der Waals surface area contributed by atoms with Crippen LogP contribution in [0.4, 0.5) is 0 Å². The van der Waals surface area contributed by atoms with Gasteiger partial charge in [0.15, 0.2) is 0 Å². The first-order valence-corrected chi connectivity index (χ1v) is 6.27. The molecule has 0 spiro atoms. The number of aliphatic carboxylic acids is 2. The van der Waals surface area contributed by atoms with E-state index >= 15 is 0 Å². The van der Waals surface area contributed by atoms with E-state index in [1.807, 2.05) is 0 Å². The van der Waals surface area contributed by atoms with Gasteiger partial charge in [0.2, 0.25) is 0 Å². The van der Waals surface area contributed by atoms with Crippen molar-refractivity contribution in [3.63, 3.8) is 0 Å². The van der Waals surface area contributed by atoms with Crippen LogP contribution in [0.1, 0.15) is 13.8 Å². The lowest BCUT2D eigenvalue weighted by atomic mass is 10.9. The summed E-state index contributed by atoms with van der Waals surface area (Å²) in [7, 11) is -2.54. The van der Waals surface area contributed by atoms with Crippen molar-refractivity contribution in [1.29, 1.82) is 0 Å². The number of rotatable bonds is 2. The van der Waals surface area contributed by atoms with Gasteiger partial charge < -0.3 is 25.0 Å². The summed E-state index contributed by atoms with van der Waals surface area (Å²) in [5, 5.41) is 31.2. The molecule has 0 aliphatic carbocycles. The minimum atomic E-state index is -2.54. The number of hydrogen-bond donors (Lipinski definition) is 4. The van der Waals surface area contributed by atoms with E-state index in [0.29, 0.717) is 0 Å². The maximum absolute atomic E-state index is 10.5. The van der Waals surface area contributed by atoms with Crippen LogP contribution in [0.25, 0.3) is 0 Å². The zero-order valence-corrected chi connectivity index (χ0v) is 9.77. The average Bonchev–Trinajstić information content (AvgIpc) is 2.02. The van der Waals surface area contributed by atoms with Crippen molar-refractivity contribution in [3.05, 3.63) is 0 Å². The van der Waals surface area contributed by atoms with Crippen LogP contribution in [-0.2, 0) is 14.2 Å². The summed E-state index contributed by atoms with van der Waals surface area (Å²) in [5.74, 6) is -1.67. The molecule has 92 valence electrons. The molecule has 0 aliphatic rings. The molecule has 15 heavy (non-hydrogen) atoms. The van der Waals surface area contributed by atoms with Gasteiger partial charge in [-0.3, -0.25) is 9.59 Å². The summed E-state index contributed by atoms with van der Waals surface area (Å²) < 4.78 is 10.5. The molecule has 0 saturated heterocycles.